The molecule has 3 heteroatoms. The van der Waals surface area contributed by atoms with Crippen LogP contribution in [0.3, 0.4) is 0 Å². The van der Waals surface area contributed by atoms with Crippen LogP contribution in [0.25, 0.3) is 5.82 Å². The Morgan fingerprint density at radius 1 is 1.12 bits per heavy atom. The number of pyridine rings is 1. The molecule has 0 saturated carbocycles. The maximum Gasteiger partial charge on any atom is 0.137 e. The van der Waals surface area contributed by atoms with Crippen LogP contribution in [0.5, 0.6) is 0 Å². The maximum atomic E-state index is 5.54. The molecule has 0 bridgehead atoms. The summed E-state index contributed by atoms with van der Waals surface area (Å²) in [5.41, 5.74) is 9.00. The molecule has 3 nitrogen and oxygen atoms in total. The molecule has 0 amide bonds. The van der Waals surface area contributed by atoms with Crippen LogP contribution in [0, 0.1) is 13.8 Å². The van der Waals surface area contributed by atoms with Gasteiger partial charge < -0.3 is 10.3 Å². The molecule has 0 aliphatic carbocycles. The zero-order valence-corrected chi connectivity index (χ0v) is 9.77. The van der Waals surface area contributed by atoms with Crippen LogP contribution in [0.1, 0.15) is 17.1 Å². The van der Waals surface area contributed by atoms with E-state index in [-0.39, 0.29) is 0 Å². The number of hydrogen-bond acceptors (Lipinski definition) is 2. The van der Waals surface area contributed by atoms with Crippen LogP contribution in [0.15, 0.2) is 30.3 Å². The number of aromatic nitrogens is 2. The van der Waals surface area contributed by atoms with Crippen LogP contribution in [-0.4, -0.2) is 16.1 Å². The average Bonchev–Trinajstić information content (AvgIpc) is 2.59. The van der Waals surface area contributed by atoms with Gasteiger partial charge in [-0.2, -0.15) is 0 Å². The SMILES string of the molecule is Cc1ccc(C)n1-c1cccc(CCN)n1. The fourth-order valence-corrected chi connectivity index (χ4v) is 1.91. The first-order chi connectivity index (χ1) is 7.72. The van der Waals surface area contributed by atoms with Crippen molar-refractivity contribution in [3.05, 3.63) is 47.4 Å². The van der Waals surface area contributed by atoms with E-state index in [1.807, 2.05) is 18.2 Å². The fraction of sp³-hybridized carbons (Fsp3) is 0.308. The number of nitrogens with zero attached hydrogens (tertiary/aromatic N) is 2. The molecule has 2 aromatic rings. The molecule has 0 saturated heterocycles. The second-order valence-electron chi connectivity index (χ2n) is 3.98. The number of aryl methyl sites for hydroxylation is 2. The Morgan fingerprint density at radius 2 is 1.81 bits per heavy atom. The molecular formula is C13H17N3. The highest BCUT2D eigenvalue weighted by atomic mass is 15.1. The Labute approximate surface area is 95.9 Å². The molecule has 2 rings (SSSR count). The lowest BCUT2D eigenvalue weighted by Crippen LogP contribution is -2.07. The molecule has 0 aliphatic heterocycles. The monoisotopic (exact) mass is 215 g/mol. The van der Waals surface area contributed by atoms with Crippen molar-refractivity contribution in [1.82, 2.24) is 9.55 Å². The van der Waals surface area contributed by atoms with Crippen LogP contribution < -0.4 is 5.73 Å². The minimum absolute atomic E-state index is 0.639. The molecule has 0 spiro atoms. The molecule has 2 heterocycles. The van der Waals surface area contributed by atoms with Crippen LogP contribution >= 0.6 is 0 Å². The highest BCUT2D eigenvalue weighted by Gasteiger charge is 2.05. The van der Waals surface area contributed by atoms with Gasteiger partial charge in [0.2, 0.25) is 0 Å². The van der Waals surface area contributed by atoms with Crippen molar-refractivity contribution in [1.29, 1.82) is 0 Å². The van der Waals surface area contributed by atoms with Gasteiger partial charge in [-0.15, -0.1) is 0 Å². The number of nitrogens with two attached hydrogens (primary N) is 1. The fourth-order valence-electron chi connectivity index (χ4n) is 1.91. The summed E-state index contributed by atoms with van der Waals surface area (Å²) in [6.07, 6.45) is 0.827. The Hall–Kier alpha value is -1.61. The zero-order valence-electron chi connectivity index (χ0n) is 9.77. The third-order valence-corrected chi connectivity index (χ3v) is 2.69. The minimum Gasteiger partial charge on any atom is -0.330 e. The van der Waals surface area contributed by atoms with Crippen molar-refractivity contribution in [2.75, 3.05) is 6.54 Å². The number of hydrogen-bond donors (Lipinski definition) is 1. The summed E-state index contributed by atoms with van der Waals surface area (Å²) in [4.78, 5) is 4.61. The van der Waals surface area contributed by atoms with Gasteiger partial charge in [0.25, 0.3) is 0 Å². The first-order valence-electron chi connectivity index (χ1n) is 5.53. The van der Waals surface area contributed by atoms with Gasteiger partial charge in [0, 0.05) is 23.5 Å². The summed E-state index contributed by atoms with van der Waals surface area (Å²) in [5, 5.41) is 0. The molecule has 16 heavy (non-hydrogen) atoms. The lowest BCUT2D eigenvalue weighted by Gasteiger charge is -2.09. The van der Waals surface area contributed by atoms with Crippen molar-refractivity contribution in [3.8, 4) is 5.82 Å². The van der Waals surface area contributed by atoms with E-state index < -0.39 is 0 Å². The van der Waals surface area contributed by atoms with Gasteiger partial charge in [-0.3, -0.25) is 0 Å². The molecule has 0 unspecified atom stereocenters. The van der Waals surface area contributed by atoms with Crippen LogP contribution in [-0.2, 0) is 6.42 Å². The van der Waals surface area contributed by atoms with Crippen molar-refractivity contribution in [3.63, 3.8) is 0 Å². The van der Waals surface area contributed by atoms with E-state index in [2.05, 4.69) is 35.5 Å². The third kappa shape index (κ3) is 1.99. The summed E-state index contributed by atoms with van der Waals surface area (Å²) >= 11 is 0. The summed E-state index contributed by atoms with van der Waals surface area (Å²) in [6.45, 7) is 4.81. The largest absolute Gasteiger partial charge is 0.330 e. The van der Waals surface area contributed by atoms with Gasteiger partial charge in [0.1, 0.15) is 5.82 Å². The van der Waals surface area contributed by atoms with E-state index in [0.29, 0.717) is 6.54 Å². The molecule has 84 valence electrons. The summed E-state index contributed by atoms with van der Waals surface area (Å²) < 4.78 is 2.15. The highest BCUT2D eigenvalue weighted by molar-refractivity contribution is 5.32. The van der Waals surface area contributed by atoms with E-state index in [4.69, 9.17) is 5.73 Å². The van der Waals surface area contributed by atoms with Gasteiger partial charge in [-0.1, -0.05) is 6.07 Å². The van der Waals surface area contributed by atoms with E-state index >= 15 is 0 Å². The molecular weight excluding hydrogens is 198 g/mol. The standard InChI is InChI=1S/C13H17N3/c1-10-6-7-11(2)16(10)13-5-3-4-12(15-13)8-9-14/h3-7H,8-9,14H2,1-2H3. The molecule has 0 atom stereocenters. The van der Waals surface area contributed by atoms with Gasteiger partial charge in [-0.05, 0) is 44.7 Å². The van der Waals surface area contributed by atoms with Gasteiger partial charge in [-0.25, -0.2) is 4.98 Å². The first-order valence-corrected chi connectivity index (χ1v) is 5.53. The number of rotatable bonds is 3. The zero-order chi connectivity index (χ0) is 11.5. The van der Waals surface area contributed by atoms with Crippen molar-refractivity contribution in [2.45, 2.75) is 20.3 Å². The summed E-state index contributed by atoms with van der Waals surface area (Å²) in [5.74, 6) is 0.978. The maximum absolute atomic E-state index is 5.54. The Bertz CT molecular complexity index is 466. The van der Waals surface area contributed by atoms with Gasteiger partial charge in [0.05, 0.1) is 0 Å². The van der Waals surface area contributed by atoms with Crippen LogP contribution in [0.2, 0.25) is 0 Å². The Morgan fingerprint density at radius 3 is 2.44 bits per heavy atom. The summed E-state index contributed by atoms with van der Waals surface area (Å²) in [7, 11) is 0. The van der Waals surface area contributed by atoms with Gasteiger partial charge >= 0.3 is 0 Å². The quantitative estimate of drug-likeness (QED) is 0.851. The highest BCUT2D eigenvalue weighted by Crippen LogP contribution is 2.14. The molecule has 2 N–H and O–H groups in total. The second kappa shape index (κ2) is 4.49. The molecule has 0 aliphatic rings. The van der Waals surface area contributed by atoms with Crippen molar-refractivity contribution >= 4 is 0 Å². The molecule has 0 fully saturated rings. The first kappa shape index (κ1) is 10.9. The Balaban J connectivity index is 2.44. The predicted molar refractivity (Wildman–Crippen MR) is 65.8 cm³/mol. The van der Waals surface area contributed by atoms with Crippen molar-refractivity contribution in [2.24, 2.45) is 5.73 Å². The second-order valence-corrected chi connectivity index (χ2v) is 3.98. The molecule has 0 radical (unpaired) electrons. The van der Waals surface area contributed by atoms with E-state index in [9.17, 15) is 0 Å². The lowest BCUT2D eigenvalue weighted by molar-refractivity contribution is 0.870. The van der Waals surface area contributed by atoms with E-state index in [1.54, 1.807) is 0 Å². The predicted octanol–water partition coefficient (Wildman–Crippen LogP) is 1.99. The average molecular weight is 215 g/mol. The van der Waals surface area contributed by atoms with Gasteiger partial charge in [0.15, 0.2) is 0 Å². The lowest BCUT2D eigenvalue weighted by atomic mass is 10.2. The minimum atomic E-state index is 0.639. The van der Waals surface area contributed by atoms with E-state index in [1.165, 1.54) is 11.4 Å². The molecule has 2 aromatic heterocycles. The normalized spacial score (nSPS) is 10.7. The third-order valence-electron chi connectivity index (χ3n) is 2.69. The topological polar surface area (TPSA) is 43.8 Å². The Kier molecular flexibility index (Phi) is 3.06. The van der Waals surface area contributed by atoms with Crippen LogP contribution in [0.4, 0.5) is 0 Å². The summed E-state index contributed by atoms with van der Waals surface area (Å²) in [6, 6.07) is 10.3. The smallest absolute Gasteiger partial charge is 0.137 e. The molecule has 0 aromatic carbocycles. The van der Waals surface area contributed by atoms with E-state index in [0.717, 1.165) is 17.9 Å². The van der Waals surface area contributed by atoms with Crippen molar-refractivity contribution < 1.29 is 0 Å².